The Balaban J connectivity index is 1.71. The molecule has 4 aromatic rings. The molecule has 0 aliphatic heterocycles. The smallest absolute Gasteiger partial charge is 0.103 e. The van der Waals surface area contributed by atoms with E-state index < -0.39 is 0 Å². The Morgan fingerprint density at radius 3 is 1.04 bits per heavy atom. The molecule has 4 heterocycles. The summed E-state index contributed by atoms with van der Waals surface area (Å²) < 4.78 is 0. The summed E-state index contributed by atoms with van der Waals surface area (Å²) in [7, 11) is 0. The molecule has 6 heteroatoms. The highest BCUT2D eigenvalue weighted by Crippen LogP contribution is 2.38. The SMILES string of the molecule is c1csc(N(CN(c2cccs2)c2cccs2)c2cccs2)c1. The third-order valence-electron chi connectivity index (χ3n) is 3.37. The molecule has 0 atom stereocenters. The largest absolute Gasteiger partial charge is 0.306 e. The lowest BCUT2D eigenvalue weighted by Gasteiger charge is -2.30. The second-order valence-corrected chi connectivity index (χ2v) is 8.51. The molecule has 0 N–H and O–H groups in total. The van der Waals surface area contributed by atoms with Crippen molar-refractivity contribution in [2.45, 2.75) is 0 Å². The minimum atomic E-state index is 0.808. The van der Waals surface area contributed by atoms with E-state index in [1.165, 1.54) is 20.0 Å². The van der Waals surface area contributed by atoms with Gasteiger partial charge in [0, 0.05) is 0 Å². The van der Waals surface area contributed by atoms with Crippen molar-refractivity contribution < 1.29 is 0 Å². The molecule has 4 aromatic heterocycles. The van der Waals surface area contributed by atoms with Gasteiger partial charge in [0.25, 0.3) is 0 Å². The first-order valence-electron chi connectivity index (χ1n) is 7.11. The number of thiophene rings is 4. The molecular formula is C17H14N2S4. The molecule has 0 aliphatic carbocycles. The molecule has 0 fully saturated rings. The van der Waals surface area contributed by atoms with E-state index in [1.807, 2.05) is 0 Å². The number of rotatable bonds is 6. The highest BCUT2D eigenvalue weighted by atomic mass is 32.1. The molecule has 0 saturated carbocycles. The van der Waals surface area contributed by atoms with E-state index in [4.69, 9.17) is 0 Å². The van der Waals surface area contributed by atoms with E-state index in [0.717, 1.165) is 6.67 Å². The third kappa shape index (κ3) is 3.21. The standard InChI is InChI=1S/C17H14N2S4/c1-5-14(20-9-1)18(15-6-2-10-21-15)13-19(16-7-3-11-22-16)17-8-4-12-23-17/h1-12H,13H2. The quantitative estimate of drug-likeness (QED) is 0.340. The van der Waals surface area contributed by atoms with Gasteiger partial charge >= 0.3 is 0 Å². The predicted molar refractivity (Wildman–Crippen MR) is 106 cm³/mol. The van der Waals surface area contributed by atoms with Crippen molar-refractivity contribution >= 4 is 65.4 Å². The molecule has 23 heavy (non-hydrogen) atoms. The van der Waals surface area contributed by atoms with Crippen molar-refractivity contribution in [2.24, 2.45) is 0 Å². The van der Waals surface area contributed by atoms with Crippen LogP contribution in [0.4, 0.5) is 20.0 Å². The van der Waals surface area contributed by atoms with Crippen LogP contribution in [0.25, 0.3) is 0 Å². The summed E-state index contributed by atoms with van der Waals surface area (Å²) in [5.41, 5.74) is 0. The van der Waals surface area contributed by atoms with Gasteiger partial charge in [-0.2, -0.15) is 0 Å². The van der Waals surface area contributed by atoms with Crippen LogP contribution in [-0.4, -0.2) is 6.67 Å². The van der Waals surface area contributed by atoms with Gasteiger partial charge in [0.05, 0.1) is 20.0 Å². The molecule has 0 aliphatic rings. The molecule has 0 aromatic carbocycles. The molecule has 0 spiro atoms. The summed E-state index contributed by atoms with van der Waals surface area (Å²) in [5, 5.41) is 13.6. The van der Waals surface area contributed by atoms with Crippen LogP contribution in [-0.2, 0) is 0 Å². The average molecular weight is 375 g/mol. The molecule has 4 rings (SSSR count). The predicted octanol–water partition coefficient (Wildman–Crippen LogP) is 6.87. The van der Waals surface area contributed by atoms with E-state index >= 15 is 0 Å². The maximum atomic E-state index is 2.38. The summed E-state index contributed by atoms with van der Waals surface area (Å²) in [6.45, 7) is 0.808. The molecule has 0 amide bonds. The van der Waals surface area contributed by atoms with Gasteiger partial charge in [-0.05, 0) is 70.1 Å². The maximum absolute atomic E-state index is 2.38. The van der Waals surface area contributed by atoms with Gasteiger partial charge in [0.1, 0.15) is 6.67 Å². The number of nitrogens with zero attached hydrogens (tertiary/aromatic N) is 2. The molecular weight excluding hydrogens is 360 g/mol. The highest BCUT2D eigenvalue weighted by molar-refractivity contribution is 7.17. The van der Waals surface area contributed by atoms with Crippen LogP contribution >= 0.6 is 45.3 Å². The summed E-state index contributed by atoms with van der Waals surface area (Å²) in [5.74, 6) is 0. The van der Waals surface area contributed by atoms with Gasteiger partial charge in [-0.25, -0.2) is 0 Å². The molecule has 116 valence electrons. The minimum Gasteiger partial charge on any atom is -0.306 e. The minimum absolute atomic E-state index is 0.808. The van der Waals surface area contributed by atoms with E-state index in [1.54, 1.807) is 45.3 Å². The van der Waals surface area contributed by atoms with Gasteiger partial charge in [0.15, 0.2) is 0 Å². The Bertz CT molecular complexity index is 663. The van der Waals surface area contributed by atoms with Crippen LogP contribution < -0.4 is 9.80 Å². The van der Waals surface area contributed by atoms with Crippen LogP contribution in [0, 0.1) is 0 Å². The highest BCUT2D eigenvalue weighted by Gasteiger charge is 2.19. The van der Waals surface area contributed by atoms with Crippen molar-refractivity contribution in [1.29, 1.82) is 0 Å². The third-order valence-corrected chi connectivity index (χ3v) is 6.94. The monoisotopic (exact) mass is 374 g/mol. The Labute approximate surface area is 151 Å². The van der Waals surface area contributed by atoms with Crippen LogP contribution in [0.15, 0.2) is 70.1 Å². The molecule has 0 bridgehead atoms. The van der Waals surface area contributed by atoms with Crippen molar-refractivity contribution in [3.05, 3.63) is 70.1 Å². The van der Waals surface area contributed by atoms with Crippen molar-refractivity contribution in [1.82, 2.24) is 0 Å². The van der Waals surface area contributed by atoms with Crippen molar-refractivity contribution in [3.63, 3.8) is 0 Å². The van der Waals surface area contributed by atoms with Gasteiger partial charge in [0.2, 0.25) is 0 Å². The maximum Gasteiger partial charge on any atom is 0.103 e. The zero-order chi connectivity index (χ0) is 15.5. The average Bonchev–Trinajstić information content (AvgIpc) is 3.35. The zero-order valence-electron chi connectivity index (χ0n) is 12.2. The molecule has 0 radical (unpaired) electrons. The Morgan fingerprint density at radius 1 is 0.522 bits per heavy atom. The summed E-state index contributed by atoms with van der Waals surface area (Å²) in [6.07, 6.45) is 0. The molecule has 0 saturated heterocycles. The first-order chi connectivity index (χ1) is 11.4. The lowest BCUT2D eigenvalue weighted by atomic mass is 10.4. The Morgan fingerprint density at radius 2 is 0.826 bits per heavy atom. The van der Waals surface area contributed by atoms with Crippen LogP contribution in [0.3, 0.4) is 0 Å². The molecule has 2 nitrogen and oxygen atoms in total. The van der Waals surface area contributed by atoms with E-state index in [0.29, 0.717) is 0 Å². The number of anilines is 4. The lowest BCUT2D eigenvalue weighted by molar-refractivity contribution is 0.959. The summed E-state index contributed by atoms with van der Waals surface area (Å²) in [4.78, 5) is 4.77. The second-order valence-electron chi connectivity index (χ2n) is 4.80. The van der Waals surface area contributed by atoms with Gasteiger partial charge in [-0.1, -0.05) is 0 Å². The van der Waals surface area contributed by atoms with Crippen LogP contribution in [0.5, 0.6) is 0 Å². The van der Waals surface area contributed by atoms with E-state index in [9.17, 15) is 0 Å². The first kappa shape index (κ1) is 15.0. The van der Waals surface area contributed by atoms with Crippen molar-refractivity contribution in [2.75, 3.05) is 16.5 Å². The van der Waals surface area contributed by atoms with Crippen LogP contribution in [0.2, 0.25) is 0 Å². The fraction of sp³-hybridized carbons (Fsp3) is 0.0588. The Hall–Kier alpha value is -1.60. The molecule has 0 unspecified atom stereocenters. The Kier molecular flexibility index (Phi) is 4.48. The topological polar surface area (TPSA) is 6.48 Å². The number of hydrogen-bond donors (Lipinski definition) is 0. The van der Waals surface area contributed by atoms with E-state index in [2.05, 4.69) is 79.9 Å². The lowest BCUT2D eigenvalue weighted by Crippen LogP contribution is -2.30. The van der Waals surface area contributed by atoms with Crippen LogP contribution in [0.1, 0.15) is 0 Å². The number of hydrogen-bond acceptors (Lipinski definition) is 6. The fourth-order valence-electron chi connectivity index (χ4n) is 2.33. The van der Waals surface area contributed by atoms with Gasteiger partial charge in [-0.3, -0.25) is 0 Å². The van der Waals surface area contributed by atoms with Gasteiger partial charge < -0.3 is 9.80 Å². The zero-order valence-corrected chi connectivity index (χ0v) is 15.4. The summed E-state index contributed by atoms with van der Waals surface area (Å²) >= 11 is 7.11. The van der Waals surface area contributed by atoms with Crippen molar-refractivity contribution in [3.8, 4) is 0 Å². The van der Waals surface area contributed by atoms with E-state index in [-0.39, 0.29) is 0 Å². The fourth-order valence-corrected chi connectivity index (χ4v) is 5.39. The second kappa shape index (κ2) is 6.88. The normalized spacial score (nSPS) is 10.8. The summed E-state index contributed by atoms with van der Waals surface area (Å²) in [6, 6.07) is 17.2. The van der Waals surface area contributed by atoms with Gasteiger partial charge in [-0.15, -0.1) is 45.3 Å². The first-order valence-corrected chi connectivity index (χ1v) is 10.6.